The van der Waals surface area contributed by atoms with Gasteiger partial charge in [0.25, 0.3) is 0 Å². The third-order valence-corrected chi connectivity index (χ3v) is 6.33. The van der Waals surface area contributed by atoms with Crippen molar-refractivity contribution in [3.05, 3.63) is 12.7 Å². The molecule has 144 valence electrons. The first-order chi connectivity index (χ1) is 12.2. The van der Waals surface area contributed by atoms with E-state index < -0.39 is 0 Å². The second kappa shape index (κ2) is 14.5. The van der Waals surface area contributed by atoms with Crippen LogP contribution in [0.4, 0.5) is 0 Å². The van der Waals surface area contributed by atoms with E-state index in [-0.39, 0.29) is 11.8 Å². The minimum Gasteiger partial charge on any atom is -0.355 e. The van der Waals surface area contributed by atoms with Gasteiger partial charge in [-0.05, 0) is 19.0 Å². The van der Waals surface area contributed by atoms with Gasteiger partial charge in [-0.25, -0.2) is 0 Å². The number of nitrogens with zero attached hydrogens (tertiary/aromatic N) is 2. The highest BCUT2D eigenvalue weighted by Crippen LogP contribution is 2.19. The van der Waals surface area contributed by atoms with Crippen LogP contribution in [0.15, 0.2) is 12.7 Å². The zero-order valence-corrected chi connectivity index (χ0v) is 16.9. The van der Waals surface area contributed by atoms with E-state index in [1.807, 2.05) is 0 Å². The van der Waals surface area contributed by atoms with Crippen LogP contribution in [0, 0.1) is 0 Å². The molecule has 1 heterocycles. The molecule has 0 radical (unpaired) electrons. The van der Waals surface area contributed by atoms with Crippen LogP contribution in [0.25, 0.3) is 0 Å². The van der Waals surface area contributed by atoms with E-state index in [0.29, 0.717) is 19.5 Å². The Morgan fingerprint density at radius 2 is 1.56 bits per heavy atom. The maximum absolute atomic E-state index is 11.9. The fourth-order valence-electron chi connectivity index (χ4n) is 2.54. The molecular formula is C17H32N4O2S2. The molecule has 1 aliphatic rings. The Balaban J connectivity index is 1.91. The zero-order valence-electron chi connectivity index (χ0n) is 15.3. The number of carbonyl (C=O) groups excluding carboxylic acids is 2. The maximum atomic E-state index is 11.9. The second-order valence-electron chi connectivity index (χ2n) is 5.92. The number of amides is 2. The molecule has 1 saturated heterocycles. The van der Waals surface area contributed by atoms with E-state index in [9.17, 15) is 9.59 Å². The summed E-state index contributed by atoms with van der Waals surface area (Å²) in [5.74, 6) is 1.73. The van der Waals surface area contributed by atoms with Gasteiger partial charge in [0.05, 0.1) is 0 Å². The normalized spacial score (nSPS) is 15.7. The zero-order chi connectivity index (χ0) is 18.3. The van der Waals surface area contributed by atoms with Crippen molar-refractivity contribution in [2.24, 2.45) is 0 Å². The smallest absolute Gasteiger partial charge is 0.243 e. The highest BCUT2D eigenvalue weighted by Gasteiger charge is 2.16. The van der Waals surface area contributed by atoms with Gasteiger partial charge in [-0.3, -0.25) is 9.59 Å². The van der Waals surface area contributed by atoms with E-state index in [1.165, 1.54) is 19.0 Å². The van der Waals surface area contributed by atoms with Crippen molar-refractivity contribution in [1.82, 2.24) is 20.4 Å². The van der Waals surface area contributed by atoms with E-state index in [0.717, 1.165) is 44.2 Å². The molecule has 8 heteroatoms. The lowest BCUT2D eigenvalue weighted by atomic mass is 10.2. The molecule has 0 unspecified atom stereocenters. The predicted octanol–water partition coefficient (Wildman–Crippen LogP) is 1.20. The fraction of sp³-hybridized carbons (Fsp3) is 0.765. The monoisotopic (exact) mass is 388 g/mol. The molecule has 2 amide bonds. The Morgan fingerprint density at radius 3 is 2.12 bits per heavy atom. The molecular weight excluding hydrogens is 356 g/mol. The van der Waals surface area contributed by atoms with Crippen molar-refractivity contribution >= 4 is 33.4 Å². The topological polar surface area (TPSA) is 64.7 Å². The quantitative estimate of drug-likeness (QED) is 0.281. The van der Waals surface area contributed by atoms with Crippen molar-refractivity contribution in [3.63, 3.8) is 0 Å². The number of hydrogen-bond donors (Lipinski definition) is 2. The number of nitrogens with one attached hydrogen (secondary N) is 2. The van der Waals surface area contributed by atoms with Crippen molar-refractivity contribution in [2.75, 3.05) is 63.9 Å². The fourth-order valence-corrected chi connectivity index (χ4v) is 4.35. The number of piperazine rings is 1. The molecule has 0 aromatic rings. The van der Waals surface area contributed by atoms with Crippen LogP contribution in [0.3, 0.4) is 0 Å². The molecule has 1 rings (SSSR count). The molecule has 0 atom stereocenters. The van der Waals surface area contributed by atoms with Crippen LogP contribution in [0.2, 0.25) is 0 Å². The van der Waals surface area contributed by atoms with Crippen LogP contribution in [0.1, 0.15) is 19.8 Å². The lowest BCUT2D eigenvalue weighted by Crippen LogP contribution is -2.47. The van der Waals surface area contributed by atoms with Gasteiger partial charge in [0.2, 0.25) is 11.8 Å². The Labute approximate surface area is 159 Å². The molecule has 6 nitrogen and oxygen atoms in total. The average Bonchev–Trinajstić information content (AvgIpc) is 2.63. The van der Waals surface area contributed by atoms with E-state index >= 15 is 0 Å². The molecule has 25 heavy (non-hydrogen) atoms. The average molecular weight is 389 g/mol. The molecule has 0 bridgehead atoms. The summed E-state index contributed by atoms with van der Waals surface area (Å²) >= 11 is 0. The predicted molar refractivity (Wildman–Crippen MR) is 109 cm³/mol. The van der Waals surface area contributed by atoms with E-state index in [2.05, 4.69) is 33.9 Å². The molecule has 2 N–H and O–H groups in total. The van der Waals surface area contributed by atoms with Crippen molar-refractivity contribution in [1.29, 1.82) is 0 Å². The lowest BCUT2D eigenvalue weighted by molar-refractivity contribution is -0.121. The Morgan fingerprint density at radius 1 is 1.00 bits per heavy atom. The summed E-state index contributed by atoms with van der Waals surface area (Å²) in [4.78, 5) is 27.7. The SMILES string of the molecule is C=CC(=O)NCCSSCCNC(=O)CCN1CCN(CCC)CC1. The first-order valence-electron chi connectivity index (χ1n) is 9.01. The first-order valence-corrected chi connectivity index (χ1v) is 11.5. The van der Waals surface area contributed by atoms with Gasteiger partial charge in [-0.1, -0.05) is 35.1 Å². The molecule has 0 aromatic heterocycles. The number of rotatable bonds is 13. The maximum Gasteiger partial charge on any atom is 0.243 e. The van der Waals surface area contributed by atoms with Gasteiger partial charge < -0.3 is 20.4 Å². The summed E-state index contributed by atoms with van der Waals surface area (Å²) < 4.78 is 0. The van der Waals surface area contributed by atoms with Gasteiger partial charge in [-0.15, -0.1) is 0 Å². The Hall–Kier alpha value is -0.700. The summed E-state index contributed by atoms with van der Waals surface area (Å²) in [6.45, 7) is 13.4. The van der Waals surface area contributed by atoms with Gasteiger partial charge >= 0.3 is 0 Å². The van der Waals surface area contributed by atoms with Crippen LogP contribution in [0.5, 0.6) is 0 Å². The highest BCUT2D eigenvalue weighted by molar-refractivity contribution is 8.76. The van der Waals surface area contributed by atoms with E-state index in [1.54, 1.807) is 21.6 Å². The second-order valence-corrected chi connectivity index (χ2v) is 8.62. The molecule has 0 saturated carbocycles. The van der Waals surface area contributed by atoms with Crippen LogP contribution < -0.4 is 10.6 Å². The summed E-state index contributed by atoms with van der Waals surface area (Å²) in [5.41, 5.74) is 0. The van der Waals surface area contributed by atoms with Crippen LogP contribution in [-0.2, 0) is 9.59 Å². The van der Waals surface area contributed by atoms with Gasteiger partial charge in [0.1, 0.15) is 0 Å². The van der Waals surface area contributed by atoms with Crippen LogP contribution >= 0.6 is 21.6 Å². The van der Waals surface area contributed by atoms with Gasteiger partial charge in [-0.2, -0.15) is 0 Å². The minimum absolute atomic E-state index is 0.135. The third-order valence-electron chi connectivity index (χ3n) is 3.92. The van der Waals surface area contributed by atoms with Crippen molar-refractivity contribution < 1.29 is 9.59 Å². The van der Waals surface area contributed by atoms with Gasteiger partial charge in [0.15, 0.2) is 0 Å². The lowest BCUT2D eigenvalue weighted by Gasteiger charge is -2.34. The summed E-state index contributed by atoms with van der Waals surface area (Å²) in [5, 5.41) is 5.71. The van der Waals surface area contributed by atoms with Crippen molar-refractivity contribution in [2.45, 2.75) is 19.8 Å². The molecule has 0 aliphatic carbocycles. The molecule has 1 fully saturated rings. The third kappa shape index (κ3) is 11.5. The molecule has 0 spiro atoms. The van der Waals surface area contributed by atoms with E-state index in [4.69, 9.17) is 0 Å². The largest absolute Gasteiger partial charge is 0.355 e. The van der Waals surface area contributed by atoms with Crippen LogP contribution in [-0.4, -0.2) is 85.5 Å². The number of carbonyl (C=O) groups is 2. The summed E-state index contributed by atoms with van der Waals surface area (Å²) in [6.07, 6.45) is 3.07. The minimum atomic E-state index is -0.135. The Kier molecular flexibility index (Phi) is 12.9. The summed E-state index contributed by atoms with van der Waals surface area (Å²) in [7, 11) is 3.42. The number of hydrogen-bond acceptors (Lipinski definition) is 6. The standard InChI is InChI=1S/C17H32N4O2S2/c1-3-8-20-10-12-21(13-11-20)9-5-17(23)19-7-15-25-24-14-6-18-16(22)4-2/h4H,2-3,5-15H2,1H3,(H,18,22)(H,19,23). The summed E-state index contributed by atoms with van der Waals surface area (Å²) in [6, 6.07) is 0. The highest BCUT2D eigenvalue weighted by atomic mass is 33.1. The first kappa shape index (κ1) is 22.3. The van der Waals surface area contributed by atoms with Crippen molar-refractivity contribution in [3.8, 4) is 0 Å². The molecule has 1 aliphatic heterocycles. The molecule has 0 aromatic carbocycles. The van der Waals surface area contributed by atoms with Gasteiger partial charge in [0, 0.05) is 63.7 Å². The Bertz CT molecular complexity index is 402.